The number of benzene rings is 1. The van der Waals surface area contributed by atoms with E-state index in [0.717, 1.165) is 23.5 Å². The van der Waals surface area contributed by atoms with E-state index in [-0.39, 0.29) is 0 Å². The van der Waals surface area contributed by atoms with Crippen molar-refractivity contribution >= 4 is 11.0 Å². The van der Waals surface area contributed by atoms with Gasteiger partial charge in [-0.05, 0) is 36.9 Å². The molecule has 3 heteroatoms. The number of para-hydroxylation sites is 1. The number of hydrogen-bond donors (Lipinski definition) is 1. The van der Waals surface area contributed by atoms with Crippen molar-refractivity contribution in [2.45, 2.75) is 45.1 Å². The van der Waals surface area contributed by atoms with Gasteiger partial charge in [-0.2, -0.15) is 0 Å². The number of fused-ring (bicyclic) bond motifs is 1. The maximum atomic E-state index is 4.58. The maximum Gasteiger partial charge on any atom is 0.0934 e. The van der Waals surface area contributed by atoms with Gasteiger partial charge in [-0.25, -0.2) is 0 Å². The van der Waals surface area contributed by atoms with Crippen LogP contribution in [0.25, 0.3) is 11.0 Å². The summed E-state index contributed by atoms with van der Waals surface area (Å²) in [4.78, 5) is 9.02. The topological polar surface area (TPSA) is 37.8 Å². The van der Waals surface area contributed by atoms with Crippen LogP contribution in [0.3, 0.4) is 0 Å². The predicted molar refractivity (Wildman–Crippen MR) is 82.5 cm³/mol. The first-order valence-corrected chi connectivity index (χ1v) is 7.83. The number of hydrogen-bond acceptors (Lipinski definition) is 3. The van der Waals surface area contributed by atoms with Crippen molar-refractivity contribution in [3.63, 3.8) is 0 Å². The summed E-state index contributed by atoms with van der Waals surface area (Å²) in [5.41, 5.74) is 3.39. The Morgan fingerprint density at radius 1 is 1.15 bits per heavy atom. The number of nitrogens with one attached hydrogen (secondary N) is 1. The Kier molecular flexibility index (Phi) is 4.26. The van der Waals surface area contributed by atoms with Gasteiger partial charge in [0.2, 0.25) is 0 Å². The summed E-state index contributed by atoms with van der Waals surface area (Å²) in [6.07, 6.45) is 10.4. The van der Waals surface area contributed by atoms with Gasteiger partial charge in [0.1, 0.15) is 0 Å². The van der Waals surface area contributed by atoms with E-state index in [1.807, 2.05) is 0 Å². The second kappa shape index (κ2) is 6.31. The molecule has 3 nitrogen and oxygen atoms in total. The van der Waals surface area contributed by atoms with Crippen molar-refractivity contribution in [3.8, 4) is 0 Å². The first-order valence-electron chi connectivity index (χ1n) is 7.83. The minimum absolute atomic E-state index is 0.417. The maximum absolute atomic E-state index is 4.58. The molecule has 0 aliphatic heterocycles. The highest BCUT2D eigenvalue weighted by atomic mass is 14.9. The van der Waals surface area contributed by atoms with Crippen LogP contribution in [-0.2, 0) is 0 Å². The largest absolute Gasteiger partial charge is 0.310 e. The van der Waals surface area contributed by atoms with Crippen LogP contribution >= 0.6 is 0 Å². The molecule has 3 rings (SSSR count). The third-order valence-corrected chi connectivity index (χ3v) is 4.41. The quantitative estimate of drug-likeness (QED) is 0.915. The molecular formula is C17H23N3. The number of aromatic nitrogens is 2. The molecule has 1 aromatic carbocycles. The van der Waals surface area contributed by atoms with E-state index in [0.29, 0.717) is 6.04 Å². The van der Waals surface area contributed by atoms with Crippen molar-refractivity contribution in [2.24, 2.45) is 5.92 Å². The van der Waals surface area contributed by atoms with Crippen molar-refractivity contribution in [2.75, 3.05) is 6.54 Å². The van der Waals surface area contributed by atoms with Gasteiger partial charge in [0.05, 0.1) is 11.0 Å². The SMILES string of the molecule is CCNC(c1cccc2nccnc12)C1CCCCC1. The van der Waals surface area contributed by atoms with Gasteiger partial charge in [-0.1, -0.05) is 38.3 Å². The van der Waals surface area contributed by atoms with E-state index in [1.165, 1.54) is 37.7 Å². The zero-order valence-electron chi connectivity index (χ0n) is 12.2. The van der Waals surface area contributed by atoms with Gasteiger partial charge in [-0.3, -0.25) is 9.97 Å². The van der Waals surface area contributed by atoms with Crippen LogP contribution in [0.5, 0.6) is 0 Å². The standard InChI is InChI=1S/C17H23N3/c1-2-18-16(13-7-4-3-5-8-13)14-9-6-10-15-17(14)20-12-11-19-15/h6,9-13,16,18H,2-5,7-8H2,1H3. The molecule has 1 heterocycles. The summed E-state index contributed by atoms with van der Waals surface area (Å²) < 4.78 is 0. The average Bonchev–Trinajstić information content (AvgIpc) is 2.53. The molecular weight excluding hydrogens is 246 g/mol. The first kappa shape index (κ1) is 13.5. The molecule has 1 aromatic heterocycles. The van der Waals surface area contributed by atoms with Crippen molar-refractivity contribution in [3.05, 3.63) is 36.2 Å². The molecule has 0 amide bonds. The first-order chi connectivity index (χ1) is 9.90. The molecule has 0 radical (unpaired) electrons. The Balaban J connectivity index is 2.00. The summed E-state index contributed by atoms with van der Waals surface area (Å²) in [6.45, 7) is 3.18. The lowest BCUT2D eigenvalue weighted by molar-refractivity contribution is 0.275. The molecule has 20 heavy (non-hydrogen) atoms. The second-order valence-corrected chi connectivity index (χ2v) is 5.70. The Labute approximate surface area is 120 Å². The van der Waals surface area contributed by atoms with Crippen molar-refractivity contribution < 1.29 is 0 Å². The number of nitrogens with zero attached hydrogens (tertiary/aromatic N) is 2. The van der Waals surface area contributed by atoms with Gasteiger partial charge < -0.3 is 5.32 Å². The third kappa shape index (κ3) is 2.68. The van der Waals surface area contributed by atoms with Gasteiger partial charge in [0.25, 0.3) is 0 Å². The summed E-state index contributed by atoms with van der Waals surface area (Å²) >= 11 is 0. The van der Waals surface area contributed by atoms with Crippen molar-refractivity contribution in [1.29, 1.82) is 0 Å². The normalized spacial score (nSPS) is 18.2. The van der Waals surface area contributed by atoms with Gasteiger partial charge in [0, 0.05) is 18.4 Å². The van der Waals surface area contributed by atoms with E-state index >= 15 is 0 Å². The van der Waals surface area contributed by atoms with Crippen LogP contribution in [0, 0.1) is 5.92 Å². The van der Waals surface area contributed by atoms with Crippen LogP contribution in [0.1, 0.15) is 50.6 Å². The van der Waals surface area contributed by atoms with E-state index < -0.39 is 0 Å². The summed E-state index contributed by atoms with van der Waals surface area (Å²) in [5, 5.41) is 3.69. The monoisotopic (exact) mass is 269 g/mol. The lowest BCUT2D eigenvalue weighted by atomic mass is 9.80. The Morgan fingerprint density at radius 3 is 2.75 bits per heavy atom. The van der Waals surface area contributed by atoms with Crippen LogP contribution in [0.2, 0.25) is 0 Å². The van der Waals surface area contributed by atoms with E-state index in [9.17, 15) is 0 Å². The van der Waals surface area contributed by atoms with Crippen LogP contribution in [0.15, 0.2) is 30.6 Å². The minimum atomic E-state index is 0.417. The molecule has 1 N–H and O–H groups in total. The van der Waals surface area contributed by atoms with Crippen LogP contribution in [0.4, 0.5) is 0 Å². The van der Waals surface area contributed by atoms with Crippen molar-refractivity contribution in [1.82, 2.24) is 15.3 Å². The van der Waals surface area contributed by atoms with Crippen LogP contribution < -0.4 is 5.32 Å². The molecule has 2 aromatic rings. The average molecular weight is 269 g/mol. The molecule has 0 saturated heterocycles. The highest BCUT2D eigenvalue weighted by Gasteiger charge is 2.26. The molecule has 1 aliphatic carbocycles. The summed E-state index contributed by atoms with van der Waals surface area (Å²) in [7, 11) is 0. The fourth-order valence-corrected chi connectivity index (χ4v) is 3.48. The van der Waals surface area contributed by atoms with E-state index in [1.54, 1.807) is 12.4 Å². The Morgan fingerprint density at radius 2 is 1.95 bits per heavy atom. The molecule has 1 saturated carbocycles. The molecule has 106 valence electrons. The second-order valence-electron chi connectivity index (χ2n) is 5.70. The molecule has 0 bridgehead atoms. The third-order valence-electron chi connectivity index (χ3n) is 4.41. The zero-order chi connectivity index (χ0) is 13.8. The molecule has 1 atom stereocenters. The summed E-state index contributed by atoms with van der Waals surface area (Å²) in [5.74, 6) is 0.733. The van der Waals surface area contributed by atoms with Gasteiger partial charge >= 0.3 is 0 Å². The summed E-state index contributed by atoms with van der Waals surface area (Å²) in [6, 6.07) is 6.80. The van der Waals surface area contributed by atoms with Crippen LogP contribution in [-0.4, -0.2) is 16.5 Å². The molecule has 1 unspecified atom stereocenters. The highest BCUT2D eigenvalue weighted by Crippen LogP contribution is 2.36. The molecule has 1 aliphatic rings. The molecule has 1 fully saturated rings. The van der Waals surface area contributed by atoms with E-state index in [4.69, 9.17) is 0 Å². The fourth-order valence-electron chi connectivity index (χ4n) is 3.48. The van der Waals surface area contributed by atoms with E-state index in [2.05, 4.69) is 40.4 Å². The minimum Gasteiger partial charge on any atom is -0.310 e. The fraction of sp³-hybridized carbons (Fsp3) is 0.529. The van der Waals surface area contributed by atoms with Gasteiger partial charge in [0.15, 0.2) is 0 Å². The zero-order valence-corrected chi connectivity index (χ0v) is 12.2. The van der Waals surface area contributed by atoms with Gasteiger partial charge in [-0.15, -0.1) is 0 Å². The lowest BCUT2D eigenvalue weighted by Crippen LogP contribution is -2.30. The Hall–Kier alpha value is -1.48. The lowest BCUT2D eigenvalue weighted by Gasteiger charge is -2.31. The highest BCUT2D eigenvalue weighted by molar-refractivity contribution is 5.78. The predicted octanol–water partition coefficient (Wildman–Crippen LogP) is 3.86. The number of rotatable bonds is 4. The molecule has 0 spiro atoms. The smallest absolute Gasteiger partial charge is 0.0934 e. The Bertz CT molecular complexity index is 556.